The number of benzene rings is 1. The molecule has 0 amide bonds. The third kappa shape index (κ3) is 3.47. The fraction of sp³-hybridized carbons (Fsp3) is 0.471. The summed E-state index contributed by atoms with van der Waals surface area (Å²) in [5.74, 6) is 0.580. The standard InChI is InChI=1S/C17H24N2S/c1-5-10-18-16(17-13(4)19-11-20-17)15-8-6-14(7-9-15)12(2)3/h6-9,11-12,16,18H,5,10H2,1-4H3. The lowest BCUT2D eigenvalue weighted by Crippen LogP contribution is -2.23. The Labute approximate surface area is 126 Å². The molecule has 0 aliphatic carbocycles. The first-order valence-corrected chi connectivity index (χ1v) is 8.24. The lowest BCUT2D eigenvalue weighted by Gasteiger charge is -2.19. The second-order valence-corrected chi connectivity index (χ2v) is 6.40. The summed E-state index contributed by atoms with van der Waals surface area (Å²) in [5, 5.41) is 3.65. The number of nitrogens with one attached hydrogen (secondary N) is 1. The minimum atomic E-state index is 0.267. The van der Waals surface area contributed by atoms with E-state index in [0.29, 0.717) is 5.92 Å². The van der Waals surface area contributed by atoms with Crippen LogP contribution in [0.25, 0.3) is 0 Å². The van der Waals surface area contributed by atoms with Crippen LogP contribution in [0.15, 0.2) is 29.8 Å². The van der Waals surface area contributed by atoms with Gasteiger partial charge in [0.05, 0.1) is 17.2 Å². The second kappa shape index (κ2) is 7.00. The minimum absolute atomic E-state index is 0.267. The highest BCUT2D eigenvalue weighted by atomic mass is 32.1. The van der Waals surface area contributed by atoms with Gasteiger partial charge in [-0.3, -0.25) is 0 Å². The van der Waals surface area contributed by atoms with Gasteiger partial charge in [-0.05, 0) is 36.9 Å². The van der Waals surface area contributed by atoms with E-state index in [0.717, 1.165) is 18.7 Å². The predicted octanol–water partition coefficient (Wildman–Crippen LogP) is 4.66. The van der Waals surface area contributed by atoms with Crippen molar-refractivity contribution in [3.05, 3.63) is 51.5 Å². The molecule has 1 aromatic carbocycles. The molecule has 0 spiro atoms. The largest absolute Gasteiger partial charge is 0.306 e. The molecule has 0 radical (unpaired) electrons. The fourth-order valence-corrected chi connectivity index (χ4v) is 3.22. The molecule has 1 unspecified atom stereocenters. The number of nitrogens with zero attached hydrogens (tertiary/aromatic N) is 1. The van der Waals surface area contributed by atoms with Crippen LogP contribution < -0.4 is 5.32 Å². The fourth-order valence-electron chi connectivity index (χ4n) is 2.31. The summed E-state index contributed by atoms with van der Waals surface area (Å²) in [5.41, 5.74) is 5.80. The van der Waals surface area contributed by atoms with Gasteiger partial charge in [0.15, 0.2) is 0 Å². The number of hydrogen-bond acceptors (Lipinski definition) is 3. The molecule has 1 N–H and O–H groups in total. The summed E-state index contributed by atoms with van der Waals surface area (Å²) in [4.78, 5) is 5.72. The van der Waals surface area contributed by atoms with Crippen LogP contribution in [-0.2, 0) is 0 Å². The van der Waals surface area contributed by atoms with E-state index in [9.17, 15) is 0 Å². The Morgan fingerprint density at radius 3 is 2.30 bits per heavy atom. The van der Waals surface area contributed by atoms with Crippen molar-refractivity contribution < 1.29 is 0 Å². The smallest absolute Gasteiger partial charge is 0.0798 e. The van der Waals surface area contributed by atoms with Crippen LogP contribution >= 0.6 is 11.3 Å². The zero-order valence-electron chi connectivity index (χ0n) is 12.8. The highest BCUT2D eigenvalue weighted by Crippen LogP contribution is 2.29. The molecule has 1 heterocycles. The van der Waals surface area contributed by atoms with Crippen LogP contribution in [0.3, 0.4) is 0 Å². The Balaban J connectivity index is 2.29. The van der Waals surface area contributed by atoms with Crippen molar-refractivity contribution in [2.45, 2.75) is 46.1 Å². The van der Waals surface area contributed by atoms with Gasteiger partial charge in [0.25, 0.3) is 0 Å². The Hall–Kier alpha value is -1.19. The Morgan fingerprint density at radius 2 is 1.80 bits per heavy atom. The molecule has 2 aromatic rings. The van der Waals surface area contributed by atoms with Gasteiger partial charge < -0.3 is 5.32 Å². The topological polar surface area (TPSA) is 24.9 Å². The first-order valence-electron chi connectivity index (χ1n) is 7.36. The minimum Gasteiger partial charge on any atom is -0.306 e. The van der Waals surface area contributed by atoms with E-state index in [4.69, 9.17) is 0 Å². The highest BCUT2D eigenvalue weighted by molar-refractivity contribution is 7.09. The van der Waals surface area contributed by atoms with E-state index >= 15 is 0 Å². The normalized spacial score (nSPS) is 12.8. The summed E-state index contributed by atoms with van der Waals surface area (Å²) in [6, 6.07) is 9.26. The predicted molar refractivity (Wildman–Crippen MR) is 87.5 cm³/mol. The van der Waals surface area contributed by atoms with Gasteiger partial charge in [-0.2, -0.15) is 0 Å². The second-order valence-electron chi connectivity index (χ2n) is 5.51. The molecule has 2 rings (SSSR count). The third-order valence-electron chi connectivity index (χ3n) is 3.58. The average molecular weight is 288 g/mol. The number of aromatic nitrogens is 1. The van der Waals surface area contributed by atoms with Crippen molar-refractivity contribution in [2.24, 2.45) is 0 Å². The van der Waals surface area contributed by atoms with Crippen LogP contribution in [0.2, 0.25) is 0 Å². The van der Waals surface area contributed by atoms with Gasteiger partial charge in [-0.1, -0.05) is 45.0 Å². The summed E-state index contributed by atoms with van der Waals surface area (Å²) in [6.45, 7) is 9.78. The zero-order valence-corrected chi connectivity index (χ0v) is 13.6. The lowest BCUT2D eigenvalue weighted by molar-refractivity contribution is 0.602. The van der Waals surface area contributed by atoms with E-state index in [1.807, 2.05) is 5.51 Å². The Morgan fingerprint density at radius 1 is 1.15 bits per heavy atom. The summed E-state index contributed by atoms with van der Waals surface area (Å²) in [6.07, 6.45) is 1.14. The zero-order chi connectivity index (χ0) is 14.5. The molecule has 0 aliphatic heterocycles. The van der Waals surface area contributed by atoms with E-state index in [1.165, 1.54) is 16.0 Å². The molecule has 0 saturated heterocycles. The average Bonchev–Trinajstić information content (AvgIpc) is 2.86. The quantitative estimate of drug-likeness (QED) is 0.836. The number of thiazole rings is 1. The van der Waals surface area contributed by atoms with Gasteiger partial charge >= 0.3 is 0 Å². The molecule has 108 valence electrons. The molecule has 1 atom stereocenters. The summed E-state index contributed by atoms with van der Waals surface area (Å²) >= 11 is 1.74. The SMILES string of the molecule is CCCNC(c1ccc(C(C)C)cc1)c1scnc1C. The number of rotatable bonds is 6. The molecule has 0 bridgehead atoms. The monoisotopic (exact) mass is 288 g/mol. The first kappa shape index (κ1) is 15.2. The molecular formula is C17H24N2S. The lowest BCUT2D eigenvalue weighted by atomic mass is 9.98. The molecule has 3 heteroatoms. The van der Waals surface area contributed by atoms with Crippen LogP contribution in [0.5, 0.6) is 0 Å². The molecule has 0 fully saturated rings. The van der Waals surface area contributed by atoms with Crippen molar-refractivity contribution in [1.29, 1.82) is 0 Å². The summed E-state index contributed by atoms with van der Waals surface area (Å²) < 4.78 is 0. The van der Waals surface area contributed by atoms with Gasteiger partial charge in [0.2, 0.25) is 0 Å². The molecule has 0 saturated carbocycles. The molecule has 20 heavy (non-hydrogen) atoms. The molecule has 0 aliphatic rings. The van der Waals surface area contributed by atoms with Gasteiger partial charge in [-0.15, -0.1) is 11.3 Å². The maximum absolute atomic E-state index is 4.40. The third-order valence-corrected chi connectivity index (χ3v) is 4.58. The van der Waals surface area contributed by atoms with Gasteiger partial charge in [0, 0.05) is 4.88 Å². The Bertz CT molecular complexity index is 528. The van der Waals surface area contributed by atoms with E-state index < -0.39 is 0 Å². The van der Waals surface area contributed by atoms with Gasteiger partial charge in [0.1, 0.15) is 0 Å². The maximum Gasteiger partial charge on any atom is 0.0798 e. The van der Waals surface area contributed by atoms with Crippen molar-refractivity contribution in [3.8, 4) is 0 Å². The van der Waals surface area contributed by atoms with Crippen LogP contribution in [0, 0.1) is 6.92 Å². The Kier molecular flexibility index (Phi) is 5.32. The van der Waals surface area contributed by atoms with Gasteiger partial charge in [-0.25, -0.2) is 4.98 Å². The number of hydrogen-bond donors (Lipinski definition) is 1. The van der Waals surface area contributed by atoms with Crippen molar-refractivity contribution in [1.82, 2.24) is 10.3 Å². The first-order chi connectivity index (χ1) is 9.63. The van der Waals surface area contributed by atoms with E-state index in [-0.39, 0.29) is 6.04 Å². The van der Waals surface area contributed by atoms with Crippen LogP contribution in [0.1, 0.15) is 60.8 Å². The van der Waals surface area contributed by atoms with Crippen molar-refractivity contribution >= 4 is 11.3 Å². The maximum atomic E-state index is 4.40. The molecular weight excluding hydrogens is 264 g/mol. The van der Waals surface area contributed by atoms with Crippen LogP contribution in [-0.4, -0.2) is 11.5 Å². The number of aryl methyl sites for hydroxylation is 1. The molecule has 1 aromatic heterocycles. The van der Waals surface area contributed by atoms with E-state index in [1.54, 1.807) is 11.3 Å². The summed E-state index contributed by atoms with van der Waals surface area (Å²) in [7, 11) is 0. The van der Waals surface area contributed by atoms with E-state index in [2.05, 4.69) is 62.3 Å². The highest BCUT2D eigenvalue weighted by Gasteiger charge is 2.17. The van der Waals surface area contributed by atoms with Crippen molar-refractivity contribution in [2.75, 3.05) is 6.54 Å². The van der Waals surface area contributed by atoms with Crippen molar-refractivity contribution in [3.63, 3.8) is 0 Å². The van der Waals surface area contributed by atoms with Crippen LogP contribution in [0.4, 0.5) is 0 Å². The molecule has 2 nitrogen and oxygen atoms in total.